The number of fused-ring (bicyclic) bond motifs is 1. The predicted octanol–water partition coefficient (Wildman–Crippen LogP) is 3.16. The zero-order chi connectivity index (χ0) is 25.1. The Balaban J connectivity index is 1.80. The first kappa shape index (κ1) is 24.5. The number of nitrogens with one attached hydrogen (secondary N) is 1. The van der Waals surface area contributed by atoms with Crippen molar-refractivity contribution in [3.63, 3.8) is 0 Å². The summed E-state index contributed by atoms with van der Waals surface area (Å²) in [5, 5.41) is 4.78. The van der Waals surface area contributed by atoms with Gasteiger partial charge in [0.05, 0.1) is 5.69 Å². The number of rotatable bonds is 9. The van der Waals surface area contributed by atoms with Gasteiger partial charge in [-0.05, 0) is 47.5 Å². The molecule has 10 nitrogen and oxygen atoms in total. The molecule has 0 saturated heterocycles. The predicted molar refractivity (Wildman–Crippen MR) is 134 cm³/mol. The average Bonchev–Trinajstić information content (AvgIpc) is 3.56. The Morgan fingerprint density at radius 2 is 1.97 bits per heavy atom. The minimum absolute atomic E-state index is 0.00741. The van der Waals surface area contributed by atoms with Gasteiger partial charge in [0.15, 0.2) is 23.2 Å². The summed E-state index contributed by atoms with van der Waals surface area (Å²) < 4.78 is 14.9. The molecule has 0 unspecified atom stereocenters. The summed E-state index contributed by atoms with van der Waals surface area (Å²) >= 11 is 2.10. The standard InChI is InChI=1S/C23H25N5O5S2/c1-12(2)7-8-26-22(30)19(16-4-3-9-34-16)28(13-5-6-14-15(10-13)33-11-32-14)23(31)20-17(24)18(21(25)29)27-35-20/h3-6,9-10,12,19H,7-8,11,24H2,1-2H3,(H2,25,29)(H,26,30)/t19-/m0/s1. The number of hydrogen-bond acceptors (Lipinski definition) is 9. The number of nitrogens with two attached hydrogens (primary N) is 2. The minimum Gasteiger partial charge on any atom is -0.454 e. The number of ether oxygens (including phenoxy) is 2. The van der Waals surface area contributed by atoms with E-state index in [4.69, 9.17) is 20.9 Å². The highest BCUT2D eigenvalue weighted by Crippen LogP contribution is 2.40. The molecule has 1 aromatic carbocycles. The zero-order valence-electron chi connectivity index (χ0n) is 19.1. The van der Waals surface area contributed by atoms with Crippen LogP contribution in [0.15, 0.2) is 35.7 Å². The summed E-state index contributed by atoms with van der Waals surface area (Å²) in [5.41, 5.74) is 11.5. The van der Waals surface area contributed by atoms with Crippen molar-refractivity contribution < 1.29 is 23.9 Å². The van der Waals surface area contributed by atoms with E-state index in [-0.39, 0.29) is 29.0 Å². The molecule has 0 radical (unpaired) electrons. The Labute approximate surface area is 210 Å². The maximum atomic E-state index is 13.9. The van der Waals surface area contributed by atoms with Crippen LogP contribution in [0.5, 0.6) is 11.5 Å². The van der Waals surface area contributed by atoms with Crippen LogP contribution >= 0.6 is 22.9 Å². The fourth-order valence-electron chi connectivity index (χ4n) is 3.56. The van der Waals surface area contributed by atoms with Crippen molar-refractivity contribution in [2.24, 2.45) is 11.7 Å². The Morgan fingerprint density at radius 1 is 1.20 bits per heavy atom. The fourth-order valence-corrected chi connectivity index (χ4v) is 5.11. The number of carbonyl (C=O) groups excluding carboxylic acids is 3. The highest BCUT2D eigenvalue weighted by molar-refractivity contribution is 7.10. The van der Waals surface area contributed by atoms with Crippen molar-refractivity contribution in [2.75, 3.05) is 24.0 Å². The van der Waals surface area contributed by atoms with E-state index in [0.717, 1.165) is 18.0 Å². The molecule has 1 aliphatic heterocycles. The van der Waals surface area contributed by atoms with E-state index in [1.807, 2.05) is 11.4 Å². The SMILES string of the molecule is CC(C)CCNC(=O)[C@H](c1cccs1)N(C(=O)c1snc(C(N)=O)c1N)c1ccc2c(c1)OCO2. The first-order valence-corrected chi connectivity index (χ1v) is 12.5. The van der Waals surface area contributed by atoms with Crippen LogP contribution in [0, 0.1) is 5.92 Å². The summed E-state index contributed by atoms with van der Waals surface area (Å²) in [6.45, 7) is 4.64. The van der Waals surface area contributed by atoms with Crippen molar-refractivity contribution in [2.45, 2.75) is 26.3 Å². The molecule has 4 rings (SSSR count). The Kier molecular flexibility index (Phi) is 7.22. The molecule has 3 amide bonds. The molecule has 5 N–H and O–H groups in total. The largest absolute Gasteiger partial charge is 0.454 e. The smallest absolute Gasteiger partial charge is 0.273 e. The zero-order valence-corrected chi connectivity index (χ0v) is 20.8. The van der Waals surface area contributed by atoms with E-state index >= 15 is 0 Å². The second-order valence-corrected chi connectivity index (χ2v) is 10.00. The molecule has 184 valence electrons. The molecule has 0 saturated carbocycles. The number of nitrogen functional groups attached to an aromatic ring is 1. The molecule has 1 aliphatic rings. The van der Waals surface area contributed by atoms with Gasteiger partial charge in [-0.1, -0.05) is 19.9 Å². The van der Waals surface area contributed by atoms with Crippen molar-refractivity contribution in [1.29, 1.82) is 0 Å². The van der Waals surface area contributed by atoms with Crippen LogP contribution in [0.1, 0.15) is 51.3 Å². The molecular formula is C23H25N5O5S2. The van der Waals surface area contributed by atoms with Gasteiger partial charge in [-0.15, -0.1) is 11.3 Å². The summed E-state index contributed by atoms with van der Waals surface area (Å²) in [6, 6.07) is 7.56. The molecule has 0 bridgehead atoms. The van der Waals surface area contributed by atoms with E-state index in [2.05, 4.69) is 23.5 Å². The van der Waals surface area contributed by atoms with E-state index in [1.54, 1.807) is 24.3 Å². The number of hydrogen-bond donors (Lipinski definition) is 3. The number of amides is 3. The van der Waals surface area contributed by atoms with Crippen LogP contribution < -0.4 is 31.2 Å². The van der Waals surface area contributed by atoms with Crippen LogP contribution in [-0.4, -0.2) is 35.4 Å². The van der Waals surface area contributed by atoms with E-state index in [9.17, 15) is 14.4 Å². The average molecular weight is 516 g/mol. The van der Waals surface area contributed by atoms with Gasteiger partial charge < -0.3 is 26.3 Å². The molecular weight excluding hydrogens is 490 g/mol. The van der Waals surface area contributed by atoms with E-state index < -0.39 is 17.9 Å². The van der Waals surface area contributed by atoms with Crippen molar-refractivity contribution >= 4 is 52.0 Å². The molecule has 3 heterocycles. The number of nitrogens with zero attached hydrogens (tertiary/aromatic N) is 2. The molecule has 12 heteroatoms. The second-order valence-electron chi connectivity index (χ2n) is 8.24. The van der Waals surface area contributed by atoms with Gasteiger partial charge in [0.1, 0.15) is 4.88 Å². The second kappa shape index (κ2) is 10.3. The van der Waals surface area contributed by atoms with Gasteiger partial charge in [-0.3, -0.25) is 19.3 Å². The molecule has 2 aromatic heterocycles. The van der Waals surface area contributed by atoms with E-state index in [1.165, 1.54) is 16.2 Å². The summed E-state index contributed by atoms with van der Waals surface area (Å²) in [5.74, 6) is -0.412. The van der Waals surface area contributed by atoms with E-state index in [0.29, 0.717) is 34.5 Å². The van der Waals surface area contributed by atoms with Gasteiger partial charge >= 0.3 is 0 Å². The maximum Gasteiger partial charge on any atom is 0.273 e. The van der Waals surface area contributed by atoms with Crippen LogP contribution in [-0.2, 0) is 4.79 Å². The van der Waals surface area contributed by atoms with Crippen LogP contribution in [0.3, 0.4) is 0 Å². The lowest BCUT2D eigenvalue weighted by Crippen LogP contribution is -2.44. The Bertz CT molecular complexity index is 1240. The van der Waals surface area contributed by atoms with Crippen molar-refractivity contribution in [3.05, 3.63) is 51.2 Å². The number of carbonyl (C=O) groups is 3. The number of thiophene rings is 1. The summed E-state index contributed by atoms with van der Waals surface area (Å²) in [7, 11) is 0. The normalized spacial score (nSPS) is 13.0. The molecule has 35 heavy (non-hydrogen) atoms. The maximum absolute atomic E-state index is 13.9. The van der Waals surface area contributed by atoms with Gasteiger partial charge in [0.2, 0.25) is 12.7 Å². The van der Waals surface area contributed by atoms with Crippen molar-refractivity contribution in [1.82, 2.24) is 9.69 Å². The summed E-state index contributed by atoms with van der Waals surface area (Å²) in [4.78, 5) is 41.2. The van der Waals surface area contributed by atoms with Gasteiger partial charge in [0, 0.05) is 23.2 Å². The van der Waals surface area contributed by atoms with Crippen LogP contribution in [0.4, 0.5) is 11.4 Å². The van der Waals surface area contributed by atoms with Gasteiger partial charge in [-0.2, -0.15) is 4.37 Å². The first-order chi connectivity index (χ1) is 16.8. The Morgan fingerprint density at radius 3 is 2.63 bits per heavy atom. The van der Waals surface area contributed by atoms with Crippen LogP contribution in [0.25, 0.3) is 0 Å². The molecule has 1 atom stereocenters. The molecule has 0 fully saturated rings. The summed E-state index contributed by atoms with van der Waals surface area (Å²) in [6.07, 6.45) is 0.782. The highest BCUT2D eigenvalue weighted by Gasteiger charge is 2.37. The molecule has 3 aromatic rings. The number of anilines is 2. The van der Waals surface area contributed by atoms with Gasteiger partial charge in [-0.25, -0.2) is 0 Å². The third-order valence-electron chi connectivity index (χ3n) is 5.35. The number of benzene rings is 1. The Hall–Kier alpha value is -3.64. The molecule has 0 spiro atoms. The van der Waals surface area contributed by atoms with Crippen LogP contribution in [0.2, 0.25) is 0 Å². The van der Waals surface area contributed by atoms with Crippen molar-refractivity contribution in [3.8, 4) is 11.5 Å². The van der Waals surface area contributed by atoms with Gasteiger partial charge in [0.25, 0.3) is 11.8 Å². The number of aromatic nitrogens is 1. The lowest BCUT2D eigenvalue weighted by Gasteiger charge is -2.30. The molecule has 0 aliphatic carbocycles. The fraction of sp³-hybridized carbons (Fsp3) is 0.304. The monoisotopic (exact) mass is 515 g/mol. The third-order valence-corrected chi connectivity index (χ3v) is 7.12. The first-order valence-electron chi connectivity index (χ1n) is 10.9. The minimum atomic E-state index is -1.01. The lowest BCUT2D eigenvalue weighted by atomic mass is 10.1. The number of primary amides is 1. The quantitative estimate of drug-likeness (QED) is 0.396. The lowest BCUT2D eigenvalue weighted by molar-refractivity contribution is -0.122. The third kappa shape index (κ3) is 5.08. The topological polar surface area (TPSA) is 150 Å². The highest BCUT2D eigenvalue weighted by atomic mass is 32.1.